The Balaban J connectivity index is 1.17. The highest BCUT2D eigenvalue weighted by molar-refractivity contribution is 6.16. The van der Waals surface area contributed by atoms with Gasteiger partial charge in [-0.2, -0.15) is 0 Å². The van der Waals surface area contributed by atoms with Crippen molar-refractivity contribution in [2.24, 2.45) is 15.4 Å². The van der Waals surface area contributed by atoms with Crippen molar-refractivity contribution in [3.8, 4) is 22.3 Å². The average Bonchev–Trinajstić information content (AvgIpc) is 3.87. The molecule has 276 valence electrons. The second kappa shape index (κ2) is 14.6. The Morgan fingerprint density at radius 1 is 0.649 bits per heavy atom. The van der Waals surface area contributed by atoms with E-state index < -0.39 is 0 Å². The van der Waals surface area contributed by atoms with Gasteiger partial charge in [-0.1, -0.05) is 142 Å². The molecule has 1 aliphatic carbocycles. The molecule has 0 amide bonds. The van der Waals surface area contributed by atoms with Gasteiger partial charge in [0.05, 0.1) is 33.5 Å². The first kappa shape index (κ1) is 35.6. The number of hydrogen-bond donors (Lipinski definition) is 0. The second-order valence-electron chi connectivity index (χ2n) is 15.2. The third kappa shape index (κ3) is 6.20. The van der Waals surface area contributed by atoms with Gasteiger partial charge in [-0.05, 0) is 90.5 Å². The number of para-hydroxylation sites is 2. The fourth-order valence-electron chi connectivity index (χ4n) is 8.47. The summed E-state index contributed by atoms with van der Waals surface area (Å²) in [6.45, 7) is 15.0. The van der Waals surface area contributed by atoms with Gasteiger partial charge in [0.15, 0.2) is 0 Å². The second-order valence-corrected chi connectivity index (χ2v) is 15.2. The number of nitrogens with zero attached hydrogens (tertiary/aromatic N) is 4. The number of rotatable bonds is 10. The van der Waals surface area contributed by atoms with E-state index in [4.69, 9.17) is 4.99 Å². The summed E-state index contributed by atoms with van der Waals surface area (Å²) in [5.41, 5.74) is 14.0. The van der Waals surface area contributed by atoms with E-state index in [2.05, 4.69) is 205 Å². The summed E-state index contributed by atoms with van der Waals surface area (Å²) in [5, 5.41) is 4.83. The van der Waals surface area contributed by atoms with Crippen molar-refractivity contribution in [2.45, 2.75) is 27.4 Å². The number of allylic oxidation sites excluding steroid dienone is 8. The van der Waals surface area contributed by atoms with Crippen molar-refractivity contribution in [3.05, 3.63) is 199 Å². The van der Waals surface area contributed by atoms with E-state index in [-0.39, 0.29) is 5.41 Å². The lowest BCUT2D eigenvalue weighted by Gasteiger charge is -2.19. The van der Waals surface area contributed by atoms with Crippen molar-refractivity contribution in [2.75, 3.05) is 0 Å². The molecule has 6 aromatic carbocycles. The predicted octanol–water partition coefficient (Wildman–Crippen LogP) is 13.8. The Morgan fingerprint density at radius 3 is 1.96 bits per heavy atom. The van der Waals surface area contributed by atoms with Gasteiger partial charge in [0.1, 0.15) is 6.67 Å². The highest BCUT2D eigenvalue weighted by Crippen LogP contribution is 2.40. The minimum absolute atomic E-state index is 0.243. The molecule has 0 fully saturated rings. The van der Waals surface area contributed by atoms with Crippen molar-refractivity contribution >= 4 is 61.7 Å². The number of aliphatic imine (C=N–C) groups is 2. The van der Waals surface area contributed by atoms with Crippen LogP contribution in [0, 0.1) is 5.41 Å². The van der Waals surface area contributed by atoms with E-state index >= 15 is 0 Å². The molecule has 0 radical (unpaired) electrons. The van der Waals surface area contributed by atoms with Crippen LogP contribution in [0.25, 0.3) is 71.6 Å². The molecule has 8 aromatic rings. The van der Waals surface area contributed by atoms with Crippen LogP contribution < -0.4 is 0 Å². The molecule has 57 heavy (non-hydrogen) atoms. The molecule has 1 aliphatic rings. The first-order valence-electron chi connectivity index (χ1n) is 19.5. The molecule has 2 aromatic heterocycles. The van der Waals surface area contributed by atoms with Gasteiger partial charge < -0.3 is 9.13 Å². The van der Waals surface area contributed by atoms with Crippen LogP contribution in [-0.2, 0) is 6.67 Å². The SMILES string of the molecule is C=C/C(=C\C=C/C)n1c2ccccc2c2cc(-c3ccc4c(c3)c3ccccc3n4C/N=C(\C3=C(N=C)C(C)(C)C=C3)c3cccc(-c4ccccc4)c3)ccc21. The topological polar surface area (TPSA) is 34.6 Å². The van der Waals surface area contributed by atoms with Crippen LogP contribution in [0.5, 0.6) is 0 Å². The molecule has 0 saturated heterocycles. The quantitative estimate of drug-likeness (QED) is 0.0990. The van der Waals surface area contributed by atoms with Crippen LogP contribution in [0.15, 0.2) is 204 Å². The summed E-state index contributed by atoms with van der Waals surface area (Å²) < 4.78 is 4.64. The maximum atomic E-state index is 5.47. The largest absolute Gasteiger partial charge is 0.320 e. The van der Waals surface area contributed by atoms with Crippen LogP contribution in [0.3, 0.4) is 0 Å². The Morgan fingerprint density at radius 2 is 1.25 bits per heavy atom. The van der Waals surface area contributed by atoms with Gasteiger partial charge >= 0.3 is 0 Å². The molecule has 0 N–H and O–H groups in total. The molecule has 2 heterocycles. The smallest absolute Gasteiger partial charge is 0.115 e. The number of benzene rings is 6. The van der Waals surface area contributed by atoms with Crippen molar-refractivity contribution < 1.29 is 0 Å². The summed E-state index contributed by atoms with van der Waals surface area (Å²) in [7, 11) is 0. The van der Waals surface area contributed by atoms with E-state index in [1.807, 2.05) is 19.1 Å². The Bertz CT molecular complexity index is 3050. The van der Waals surface area contributed by atoms with Crippen LogP contribution in [0.1, 0.15) is 26.3 Å². The van der Waals surface area contributed by atoms with Gasteiger partial charge in [0, 0.05) is 43.8 Å². The zero-order valence-electron chi connectivity index (χ0n) is 32.7. The van der Waals surface area contributed by atoms with E-state index in [1.165, 1.54) is 38.2 Å². The van der Waals surface area contributed by atoms with Crippen LogP contribution in [-0.4, -0.2) is 21.6 Å². The Kier molecular flexibility index (Phi) is 9.10. The van der Waals surface area contributed by atoms with Gasteiger partial charge in [-0.3, -0.25) is 9.98 Å². The molecule has 4 heteroatoms. The van der Waals surface area contributed by atoms with Crippen LogP contribution >= 0.6 is 0 Å². The molecule has 0 bridgehead atoms. The normalized spacial score (nSPS) is 14.6. The molecule has 0 unspecified atom stereocenters. The minimum Gasteiger partial charge on any atom is -0.320 e. The maximum Gasteiger partial charge on any atom is 0.115 e. The molecule has 0 spiro atoms. The van der Waals surface area contributed by atoms with Crippen LogP contribution in [0.2, 0.25) is 0 Å². The molecule has 4 nitrogen and oxygen atoms in total. The van der Waals surface area contributed by atoms with Crippen LogP contribution in [0.4, 0.5) is 0 Å². The average molecular weight is 737 g/mol. The van der Waals surface area contributed by atoms with E-state index in [9.17, 15) is 0 Å². The molecular weight excluding hydrogens is 693 g/mol. The van der Waals surface area contributed by atoms with Gasteiger partial charge in [-0.15, -0.1) is 0 Å². The van der Waals surface area contributed by atoms with Crippen molar-refractivity contribution in [1.29, 1.82) is 0 Å². The van der Waals surface area contributed by atoms with E-state index in [0.29, 0.717) is 6.67 Å². The first-order chi connectivity index (χ1) is 27.9. The van der Waals surface area contributed by atoms with Gasteiger partial charge in [-0.25, -0.2) is 0 Å². The predicted molar refractivity (Wildman–Crippen MR) is 245 cm³/mol. The summed E-state index contributed by atoms with van der Waals surface area (Å²) in [4.78, 5) is 10.0. The highest BCUT2D eigenvalue weighted by atomic mass is 15.1. The lowest BCUT2D eigenvalue weighted by molar-refractivity contribution is 0.584. The van der Waals surface area contributed by atoms with E-state index in [1.54, 1.807) is 0 Å². The zero-order chi connectivity index (χ0) is 39.1. The van der Waals surface area contributed by atoms with Gasteiger partial charge in [0.2, 0.25) is 0 Å². The maximum absolute atomic E-state index is 5.47. The monoisotopic (exact) mass is 736 g/mol. The first-order valence-corrected chi connectivity index (χ1v) is 19.5. The summed E-state index contributed by atoms with van der Waals surface area (Å²) in [6, 6.07) is 50.1. The van der Waals surface area contributed by atoms with E-state index in [0.717, 1.165) is 55.9 Å². The zero-order valence-corrected chi connectivity index (χ0v) is 32.7. The lowest BCUT2D eigenvalue weighted by Crippen LogP contribution is -2.12. The highest BCUT2D eigenvalue weighted by Gasteiger charge is 2.30. The molecule has 9 rings (SSSR count). The minimum atomic E-state index is -0.243. The van der Waals surface area contributed by atoms with Crippen molar-refractivity contribution in [1.82, 2.24) is 9.13 Å². The summed E-state index contributed by atoms with van der Waals surface area (Å²) >= 11 is 0. The standard InChI is InChI=1S/C53H44N4/c1-6-8-21-41(7-2)57-49-25-15-13-23-43(49)46-34-39(27-29-50(46)57)38-26-28-48-45(33-38)42-22-12-14-24-47(42)56(48)35-55-51(44-30-31-53(3,4)52(44)54-5)40-20-16-19-37(32-40)36-17-10-9-11-18-36/h6-34H,2,5,35H2,1,3-4H3/b8-6-,41-21+,55-51-. The number of hydrogen-bond acceptors (Lipinski definition) is 2. The Labute approximate surface area is 334 Å². The third-order valence-corrected chi connectivity index (χ3v) is 11.3. The Hall–Kier alpha value is -7.04. The summed E-state index contributed by atoms with van der Waals surface area (Å²) in [6.07, 6.45) is 12.5. The molecule has 0 saturated carbocycles. The molecule has 0 aliphatic heterocycles. The summed E-state index contributed by atoms with van der Waals surface area (Å²) in [5.74, 6) is 0. The fraction of sp³-hybridized carbons (Fsp3) is 0.0943. The fourth-order valence-corrected chi connectivity index (χ4v) is 8.47. The van der Waals surface area contributed by atoms with Gasteiger partial charge in [0.25, 0.3) is 0 Å². The third-order valence-electron chi connectivity index (χ3n) is 11.3. The molecular formula is C53H44N4. The number of aromatic nitrogens is 2. The number of fused-ring (bicyclic) bond motifs is 6. The van der Waals surface area contributed by atoms with Crippen molar-refractivity contribution in [3.63, 3.8) is 0 Å². The molecule has 0 atom stereocenters. The lowest BCUT2D eigenvalue weighted by atomic mass is 9.90.